The summed E-state index contributed by atoms with van der Waals surface area (Å²) in [4.78, 5) is 23.5. The molecule has 0 bridgehead atoms. The summed E-state index contributed by atoms with van der Waals surface area (Å²) in [5.41, 5.74) is 1.11. The number of benzene rings is 1. The molecule has 1 aromatic rings. The summed E-state index contributed by atoms with van der Waals surface area (Å²) in [5.74, 6) is -0.318. The lowest BCUT2D eigenvalue weighted by Crippen LogP contribution is -2.30. The summed E-state index contributed by atoms with van der Waals surface area (Å²) in [6.07, 6.45) is 0. The molecule has 0 saturated heterocycles. The highest BCUT2D eigenvalue weighted by molar-refractivity contribution is 6.19. The average molecular weight is 283 g/mol. The van der Waals surface area contributed by atoms with Gasteiger partial charge in [0.1, 0.15) is 0 Å². The van der Waals surface area contributed by atoms with Gasteiger partial charge in [0.2, 0.25) is 5.91 Å². The Bertz CT molecular complexity index is 461. The molecule has 0 heterocycles. The maximum Gasteiger partial charge on any atom is 0.251 e. The molecular formula is C14H19ClN2O2. The van der Waals surface area contributed by atoms with Crippen LogP contribution in [0.3, 0.4) is 0 Å². The number of anilines is 1. The molecule has 0 spiro atoms. The van der Waals surface area contributed by atoms with Gasteiger partial charge >= 0.3 is 0 Å². The van der Waals surface area contributed by atoms with E-state index in [9.17, 15) is 9.59 Å². The van der Waals surface area contributed by atoms with Crippen LogP contribution in [0.25, 0.3) is 0 Å². The van der Waals surface area contributed by atoms with Crippen molar-refractivity contribution in [2.75, 3.05) is 11.2 Å². The van der Waals surface area contributed by atoms with Crippen LogP contribution in [0.15, 0.2) is 24.3 Å². The first kappa shape index (κ1) is 15.5. The van der Waals surface area contributed by atoms with E-state index < -0.39 is 0 Å². The quantitative estimate of drug-likeness (QED) is 0.816. The normalized spacial score (nSPS) is 12.1. The van der Waals surface area contributed by atoms with Crippen molar-refractivity contribution in [2.45, 2.75) is 26.8 Å². The number of alkyl halides is 1. The minimum Gasteiger partial charge on any atom is -0.350 e. The Hall–Kier alpha value is -1.55. The van der Waals surface area contributed by atoms with Crippen LogP contribution in [0.4, 0.5) is 5.69 Å². The van der Waals surface area contributed by atoms with Gasteiger partial charge in [-0.2, -0.15) is 0 Å². The molecule has 4 nitrogen and oxygen atoms in total. The monoisotopic (exact) mass is 282 g/mol. The van der Waals surface area contributed by atoms with E-state index in [1.165, 1.54) is 0 Å². The lowest BCUT2D eigenvalue weighted by Gasteiger charge is -2.11. The summed E-state index contributed by atoms with van der Waals surface area (Å²) < 4.78 is 0. The zero-order valence-corrected chi connectivity index (χ0v) is 12.1. The Kier molecular flexibility index (Phi) is 5.83. The molecule has 19 heavy (non-hydrogen) atoms. The van der Waals surface area contributed by atoms with E-state index in [1.807, 2.05) is 13.8 Å². The highest BCUT2D eigenvalue weighted by atomic mass is 35.5. The molecule has 0 fully saturated rings. The third-order valence-electron chi connectivity index (χ3n) is 2.49. The number of hydrogen-bond donors (Lipinski definition) is 2. The van der Waals surface area contributed by atoms with Crippen LogP contribution in [0.5, 0.6) is 0 Å². The van der Waals surface area contributed by atoms with Gasteiger partial charge in [-0.1, -0.05) is 13.0 Å². The Morgan fingerprint density at radius 3 is 2.53 bits per heavy atom. The Morgan fingerprint density at radius 2 is 1.95 bits per heavy atom. The predicted molar refractivity (Wildman–Crippen MR) is 77.6 cm³/mol. The van der Waals surface area contributed by atoms with Gasteiger partial charge in [-0.05, 0) is 32.0 Å². The second-order valence-corrected chi connectivity index (χ2v) is 5.06. The number of nitrogens with one attached hydrogen (secondary N) is 2. The van der Waals surface area contributed by atoms with E-state index in [1.54, 1.807) is 31.2 Å². The second-order valence-electron chi connectivity index (χ2n) is 4.75. The van der Waals surface area contributed by atoms with Crippen LogP contribution >= 0.6 is 11.6 Å². The fourth-order valence-electron chi connectivity index (χ4n) is 1.42. The molecule has 1 atom stereocenters. The summed E-state index contributed by atoms with van der Waals surface area (Å²) >= 11 is 5.63. The summed E-state index contributed by atoms with van der Waals surface area (Å²) in [5, 5.41) is 5.54. The van der Waals surface area contributed by atoms with E-state index in [4.69, 9.17) is 11.6 Å². The van der Waals surface area contributed by atoms with Crippen molar-refractivity contribution < 1.29 is 9.59 Å². The zero-order valence-electron chi connectivity index (χ0n) is 11.4. The van der Waals surface area contributed by atoms with Gasteiger partial charge in [-0.15, -0.1) is 11.6 Å². The van der Waals surface area contributed by atoms with Crippen molar-refractivity contribution in [2.24, 2.45) is 5.92 Å². The molecule has 2 amide bonds. The third kappa shape index (κ3) is 4.91. The Morgan fingerprint density at radius 1 is 1.26 bits per heavy atom. The fraction of sp³-hybridized carbons (Fsp3) is 0.429. The lowest BCUT2D eigenvalue weighted by atomic mass is 10.1. The predicted octanol–water partition coefficient (Wildman–Crippen LogP) is 2.64. The standard InChI is InChI=1S/C14H19ClN2O2/c1-9(2)16-14(19)11-5-4-6-12(7-11)17-13(18)10(3)8-15/h4-7,9-10H,8H2,1-3H3,(H,16,19)(H,17,18). The molecule has 0 saturated carbocycles. The van der Waals surface area contributed by atoms with Crippen molar-refractivity contribution >= 4 is 29.1 Å². The average Bonchev–Trinajstić information content (AvgIpc) is 2.37. The molecule has 104 valence electrons. The van der Waals surface area contributed by atoms with Gasteiger partial charge in [0.15, 0.2) is 0 Å². The Labute approximate surface area is 118 Å². The van der Waals surface area contributed by atoms with Crippen molar-refractivity contribution in [1.82, 2.24) is 5.32 Å². The number of hydrogen-bond acceptors (Lipinski definition) is 2. The van der Waals surface area contributed by atoms with E-state index >= 15 is 0 Å². The first-order valence-corrected chi connectivity index (χ1v) is 6.75. The smallest absolute Gasteiger partial charge is 0.251 e. The van der Waals surface area contributed by atoms with Gasteiger partial charge in [-0.3, -0.25) is 9.59 Å². The zero-order chi connectivity index (χ0) is 14.4. The number of halogens is 1. The van der Waals surface area contributed by atoms with Crippen LogP contribution < -0.4 is 10.6 Å². The van der Waals surface area contributed by atoms with Gasteiger partial charge in [0.25, 0.3) is 5.91 Å². The SMILES string of the molecule is CC(C)NC(=O)c1cccc(NC(=O)C(C)CCl)c1. The van der Waals surface area contributed by atoms with Gasteiger partial charge < -0.3 is 10.6 Å². The molecule has 0 aliphatic rings. The highest BCUT2D eigenvalue weighted by Gasteiger charge is 2.13. The third-order valence-corrected chi connectivity index (χ3v) is 2.95. The van der Waals surface area contributed by atoms with Crippen molar-refractivity contribution in [3.63, 3.8) is 0 Å². The van der Waals surface area contributed by atoms with Crippen LogP contribution in [0.2, 0.25) is 0 Å². The molecule has 0 aromatic heterocycles. The fourth-order valence-corrected chi connectivity index (χ4v) is 1.56. The minimum atomic E-state index is -0.269. The Balaban J connectivity index is 2.77. The lowest BCUT2D eigenvalue weighted by molar-refractivity contribution is -0.118. The molecule has 0 radical (unpaired) electrons. The van der Waals surface area contributed by atoms with Crippen molar-refractivity contribution in [3.8, 4) is 0 Å². The molecule has 5 heteroatoms. The highest BCUT2D eigenvalue weighted by Crippen LogP contribution is 2.12. The molecule has 0 aliphatic carbocycles. The minimum absolute atomic E-state index is 0.0713. The summed E-state index contributed by atoms with van der Waals surface area (Å²) in [7, 11) is 0. The van der Waals surface area contributed by atoms with Crippen LogP contribution in [-0.2, 0) is 4.79 Å². The van der Waals surface area contributed by atoms with E-state index in [0.29, 0.717) is 11.3 Å². The molecule has 1 rings (SSSR count). The van der Waals surface area contributed by atoms with Gasteiger partial charge in [0, 0.05) is 29.1 Å². The molecule has 0 aliphatic heterocycles. The summed E-state index contributed by atoms with van der Waals surface area (Å²) in [6, 6.07) is 6.90. The van der Waals surface area contributed by atoms with Crippen LogP contribution in [0, 0.1) is 5.92 Å². The second kappa shape index (κ2) is 7.14. The molecule has 1 unspecified atom stereocenters. The molecule has 2 N–H and O–H groups in total. The topological polar surface area (TPSA) is 58.2 Å². The maximum absolute atomic E-state index is 11.8. The largest absolute Gasteiger partial charge is 0.350 e. The number of rotatable bonds is 5. The first-order chi connectivity index (χ1) is 8.93. The van der Waals surface area contributed by atoms with Crippen LogP contribution in [-0.4, -0.2) is 23.7 Å². The van der Waals surface area contributed by atoms with Crippen molar-refractivity contribution in [1.29, 1.82) is 0 Å². The maximum atomic E-state index is 11.8. The number of amides is 2. The van der Waals surface area contributed by atoms with Crippen LogP contribution in [0.1, 0.15) is 31.1 Å². The van der Waals surface area contributed by atoms with Gasteiger partial charge in [-0.25, -0.2) is 0 Å². The van der Waals surface area contributed by atoms with E-state index in [0.717, 1.165) is 0 Å². The summed E-state index contributed by atoms with van der Waals surface area (Å²) in [6.45, 7) is 5.54. The number of carbonyl (C=O) groups excluding carboxylic acids is 2. The molecule has 1 aromatic carbocycles. The first-order valence-electron chi connectivity index (χ1n) is 6.21. The van der Waals surface area contributed by atoms with Gasteiger partial charge in [0.05, 0.1) is 0 Å². The molecular weight excluding hydrogens is 264 g/mol. The van der Waals surface area contributed by atoms with E-state index in [-0.39, 0.29) is 29.7 Å². The van der Waals surface area contributed by atoms with Crippen molar-refractivity contribution in [3.05, 3.63) is 29.8 Å². The number of carbonyl (C=O) groups is 2. The van der Waals surface area contributed by atoms with E-state index in [2.05, 4.69) is 10.6 Å².